The highest BCUT2D eigenvalue weighted by atomic mass is 16.3. The molecule has 0 saturated heterocycles. The topological polar surface area (TPSA) is 68.3 Å². The second kappa shape index (κ2) is 7.27. The zero-order valence-corrected chi connectivity index (χ0v) is 12.8. The highest BCUT2D eigenvalue weighted by molar-refractivity contribution is 5.79. The molecule has 0 aliphatic heterocycles. The van der Waals surface area contributed by atoms with Gasteiger partial charge < -0.3 is 15.5 Å². The number of benzene rings is 1. The Balaban J connectivity index is 1.88. The van der Waals surface area contributed by atoms with Crippen LogP contribution in [0, 0.1) is 5.92 Å². The van der Waals surface area contributed by atoms with Crippen LogP contribution in [0.25, 0.3) is 11.0 Å². The molecule has 1 aromatic heterocycles. The maximum absolute atomic E-state index is 12.0. The number of hydrogen-bond acceptors (Lipinski definition) is 3. The van der Waals surface area contributed by atoms with Crippen molar-refractivity contribution in [2.45, 2.75) is 39.2 Å². The van der Waals surface area contributed by atoms with Crippen molar-refractivity contribution in [2.75, 3.05) is 6.54 Å². The van der Waals surface area contributed by atoms with Crippen molar-refractivity contribution in [3.05, 3.63) is 36.1 Å². The van der Waals surface area contributed by atoms with Crippen molar-refractivity contribution >= 4 is 16.9 Å². The van der Waals surface area contributed by atoms with Crippen molar-refractivity contribution in [1.82, 2.24) is 5.32 Å². The van der Waals surface area contributed by atoms with Gasteiger partial charge in [-0.1, -0.05) is 25.1 Å². The van der Waals surface area contributed by atoms with Crippen LogP contribution in [0.4, 0.5) is 0 Å². The summed E-state index contributed by atoms with van der Waals surface area (Å²) in [6, 6.07) is 9.72. The first kappa shape index (κ1) is 15.6. The molecule has 3 N–H and O–H groups in total. The zero-order valence-electron chi connectivity index (χ0n) is 12.8. The summed E-state index contributed by atoms with van der Waals surface area (Å²) in [5.74, 6) is 1.34. The average molecular weight is 288 g/mol. The zero-order chi connectivity index (χ0) is 15.2. The Bertz CT molecular complexity index is 558. The van der Waals surface area contributed by atoms with E-state index in [0.29, 0.717) is 18.9 Å². The largest absolute Gasteiger partial charge is 0.459 e. The number of nitrogens with two attached hydrogens (primary N) is 1. The van der Waals surface area contributed by atoms with Gasteiger partial charge in [0.25, 0.3) is 0 Å². The molecule has 0 saturated carbocycles. The Morgan fingerprint density at radius 2 is 2.05 bits per heavy atom. The summed E-state index contributed by atoms with van der Waals surface area (Å²) in [7, 11) is 0. The van der Waals surface area contributed by atoms with E-state index in [2.05, 4.69) is 12.2 Å². The predicted octanol–water partition coefficient (Wildman–Crippen LogP) is 3.38. The minimum atomic E-state index is -0.116. The molecule has 21 heavy (non-hydrogen) atoms. The molecule has 0 radical (unpaired) electrons. The van der Waals surface area contributed by atoms with E-state index in [1.165, 1.54) is 0 Å². The van der Waals surface area contributed by atoms with E-state index in [-0.39, 0.29) is 11.9 Å². The smallest absolute Gasteiger partial charge is 0.220 e. The van der Waals surface area contributed by atoms with Gasteiger partial charge >= 0.3 is 0 Å². The van der Waals surface area contributed by atoms with Gasteiger partial charge in [0.2, 0.25) is 5.91 Å². The lowest BCUT2D eigenvalue weighted by atomic mass is 10.0. The molecule has 2 rings (SSSR count). The fraction of sp³-hybridized carbons (Fsp3) is 0.471. The fourth-order valence-electron chi connectivity index (χ4n) is 2.41. The van der Waals surface area contributed by atoms with E-state index in [1.54, 1.807) is 0 Å². The van der Waals surface area contributed by atoms with Gasteiger partial charge in [0.1, 0.15) is 11.3 Å². The Morgan fingerprint density at radius 1 is 1.29 bits per heavy atom. The lowest BCUT2D eigenvalue weighted by molar-refractivity contribution is -0.122. The monoisotopic (exact) mass is 288 g/mol. The molecule has 2 aromatic rings. The van der Waals surface area contributed by atoms with Gasteiger partial charge in [-0.2, -0.15) is 0 Å². The van der Waals surface area contributed by atoms with Crippen LogP contribution in [0.1, 0.15) is 44.9 Å². The van der Waals surface area contributed by atoms with Gasteiger partial charge in [-0.05, 0) is 44.4 Å². The minimum Gasteiger partial charge on any atom is -0.459 e. The Kier molecular flexibility index (Phi) is 5.39. The average Bonchev–Trinajstić information content (AvgIpc) is 2.89. The summed E-state index contributed by atoms with van der Waals surface area (Å²) >= 11 is 0. The predicted molar refractivity (Wildman–Crippen MR) is 84.8 cm³/mol. The molecule has 1 amide bonds. The molecule has 0 aliphatic rings. The molecule has 0 fully saturated rings. The van der Waals surface area contributed by atoms with Crippen LogP contribution in [0.3, 0.4) is 0 Å². The highest BCUT2D eigenvalue weighted by Crippen LogP contribution is 2.23. The van der Waals surface area contributed by atoms with Crippen LogP contribution >= 0.6 is 0 Å². The molecule has 2 atom stereocenters. The van der Waals surface area contributed by atoms with Gasteiger partial charge in [0, 0.05) is 11.8 Å². The standard InChI is InChI=1S/C17H24N2O2/c1-12(9-10-18)7-8-17(20)19-13(2)16-11-14-5-3-4-6-15(14)21-16/h3-6,11-13H,7-10,18H2,1-2H3,(H,19,20). The second-order valence-electron chi connectivity index (χ2n) is 5.70. The third-order valence-corrected chi connectivity index (χ3v) is 3.77. The van der Waals surface area contributed by atoms with Gasteiger partial charge in [-0.3, -0.25) is 4.79 Å². The highest BCUT2D eigenvalue weighted by Gasteiger charge is 2.14. The number of para-hydroxylation sites is 1. The molecular formula is C17H24N2O2. The van der Waals surface area contributed by atoms with E-state index in [1.807, 2.05) is 37.3 Å². The molecule has 114 valence electrons. The first-order valence-electron chi connectivity index (χ1n) is 7.58. The summed E-state index contributed by atoms with van der Waals surface area (Å²) < 4.78 is 5.76. The van der Waals surface area contributed by atoms with E-state index in [9.17, 15) is 4.79 Å². The summed E-state index contributed by atoms with van der Waals surface area (Å²) in [6.45, 7) is 4.75. The molecule has 0 bridgehead atoms. The maximum Gasteiger partial charge on any atom is 0.220 e. The molecular weight excluding hydrogens is 264 g/mol. The van der Waals surface area contributed by atoms with Gasteiger partial charge in [0.15, 0.2) is 0 Å². The molecule has 4 heteroatoms. The number of amides is 1. The third-order valence-electron chi connectivity index (χ3n) is 3.77. The van der Waals surface area contributed by atoms with Crippen LogP contribution in [0.2, 0.25) is 0 Å². The van der Waals surface area contributed by atoms with E-state index >= 15 is 0 Å². The number of hydrogen-bond donors (Lipinski definition) is 2. The van der Waals surface area contributed by atoms with Gasteiger partial charge in [0.05, 0.1) is 6.04 Å². The van der Waals surface area contributed by atoms with Crippen LogP contribution in [-0.4, -0.2) is 12.5 Å². The summed E-state index contributed by atoms with van der Waals surface area (Å²) in [4.78, 5) is 12.0. The first-order valence-corrected chi connectivity index (χ1v) is 7.58. The van der Waals surface area contributed by atoms with Crippen molar-refractivity contribution in [1.29, 1.82) is 0 Å². The van der Waals surface area contributed by atoms with Crippen molar-refractivity contribution in [3.63, 3.8) is 0 Å². The number of fused-ring (bicyclic) bond motifs is 1. The molecule has 0 aliphatic carbocycles. The number of furan rings is 1. The Hall–Kier alpha value is -1.81. The summed E-state index contributed by atoms with van der Waals surface area (Å²) in [5.41, 5.74) is 6.37. The van der Waals surface area contributed by atoms with Crippen molar-refractivity contribution in [2.24, 2.45) is 11.7 Å². The van der Waals surface area contributed by atoms with Crippen LogP contribution in [-0.2, 0) is 4.79 Å². The van der Waals surface area contributed by atoms with E-state index in [4.69, 9.17) is 10.2 Å². The molecule has 4 nitrogen and oxygen atoms in total. The Labute approximate surface area is 125 Å². The first-order chi connectivity index (χ1) is 10.1. The summed E-state index contributed by atoms with van der Waals surface area (Å²) in [6.07, 6.45) is 2.37. The second-order valence-corrected chi connectivity index (χ2v) is 5.70. The molecule has 2 unspecified atom stereocenters. The van der Waals surface area contributed by atoms with Crippen molar-refractivity contribution in [3.8, 4) is 0 Å². The quantitative estimate of drug-likeness (QED) is 0.820. The van der Waals surface area contributed by atoms with E-state index in [0.717, 1.165) is 29.6 Å². The van der Waals surface area contributed by atoms with Gasteiger partial charge in [-0.15, -0.1) is 0 Å². The number of carbonyl (C=O) groups is 1. The SMILES string of the molecule is CC(CCN)CCC(=O)NC(C)c1cc2ccccc2o1. The lowest BCUT2D eigenvalue weighted by Gasteiger charge is -2.13. The normalized spacial score (nSPS) is 14.0. The molecule has 0 spiro atoms. The summed E-state index contributed by atoms with van der Waals surface area (Å²) in [5, 5.41) is 4.05. The lowest BCUT2D eigenvalue weighted by Crippen LogP contribution is -2.26. The molecule has 1 aromatic carbocycles. The van der Waals surface area contributed by atoms with Gasteiger partial charge in [-0.25, -0.2) is 0 Å². The van der Waals surface area contributed by atoms with E-state index < -0.39 is 0 Å². The number of nitrogens with one attached hydrogen (secondary N) is 1. The fourth-order valence-corrected chi connectivity index (χ4v) is 2.41. The third kappa shape index (κ3) is 4.33. The number of rotatable bonds is 7. The molecule has 1 heterocycles. The van der Waals surface area contributed by atoms with Crippen LogP contribution in [0.5, 0.6) is 0 Å². The minimum absolute atomic E-state index is 0.0619. The van der Waals surface area contributed by atoms with Crippen LogP contribution < -0.4 is 11.1 Å². The Morgan fingerprint density at radius 3 is 2.76 bits per heavy atom. The number of carbonyl (C=O) groups excluding carboxylic acids is 1. The van der Waals surface area contributed by atoms with Crippen LogP contribution in [0.15, 0.2) is 34.7 Å². The van der Waals surface area contributed by atoms with Crippen molar-refractivity contribution < 1.29 is 9.21 Å². The maximum atomic E-state index is 12.0.